The molecule has 0 aliphatic carbocycles. The number of hydrogen-bond acceptors (Lipinski definition) is 3. The molecule has 2 atom stereocenters. The van der Waals surface area contributed by atoms with Crippen molar-refractivity contribution in [2.24, 2.45) is 5.73 Å². The number of aryl methyl sites for hydroxylation is 1. The quantitative estimate of drug-likeness (QED) is 0.908. The zero-order valence-electron chi connectivity index (χ0n) is 11.7. The monoisotopic (exact) mass is 266 g/mol. The van der Waals surface area contributed by atoms with Crippen molar-refractivity contribution >= 4 is 0 Å². The second-order valence-electron chi connectivity index (χ2n) is 5.13. The van der Waals surface area contributed by atoms with Crippen molar-refractivity contribution in [2.45, 2.75) is 32.4 Å². The van der Waals surface area contributed by atoms with Crippen LogP contribution in [0.3, 0.4) is 0 Å². The Labute approximate surface area is 114 Å². The fourth-order valence-corrected chi connectivity index (χ4v) is 2.74. The zero-order chi connectivity index (χ0) is 13.8. The Morgan fingerprint density at radius 3 is 2.89 bits per heavy atom. The fourth-order valence-electron chi connectivity index (χ4n) is 2.74. The lowest BCUT2D eigenvalue weighted by atomic mass is 9.96. The Bertz CT molecular complexity index is 423. The highest BCUT2D eigenvalue weighted by atomic mass is 19.1. The van der Waals surface area contributed by atoms with E-state index in [0.717, 1.165) is 25.1 Å². The van der Waals surface area contributed by atoms with Gasteiger partial charge in [-0.3, -0.25) is 4.90 Å². The van der Waals surface area contributed by atoms with E-state index in [-0.39, 0.29) is 18.0 Å². The fraction of sp³-hybridized carbons (Fsp3) is 0.600. The number of ether oxygens (including phenoxy) is 1. The third kappa shape index (κ3) is 3.14. The molecule has 1 aliphatic heterocycles. The number of rotatable bonds is 4. The number of hydrogen-bond donors (Lipinski definition) is 1. The van der Waals surface area contributed by atoms with Crippen molar-refractivity contribution in [1.29, 1.82) is 0 Å². The smallest absolute Gasteiger partial charge is 0.126 e. The molecule has 1 saturated heterocycles. The highest BCUT2D eigenvalue weighted by molar-refractivity contribution is 5.27. The van der Waals surface area contributed by atoms with E-state index in [9.17, 15) is 4.39 Å². The Balaban J connectivity index is 2.30. The third-order valence-electron chi connectivity index (χ3n) is 3.74. The van der Waals surface area contributed by atoms with Gasteiger partial charge in [0.25, 0.3) is 0 Å². The van der Waals surface area contributed by atoms with Crippen LogP contribution in [0.4, 0.5) is 4.39 Å². The van der Waals surface area contributed by atoms with E-state index in [2.05, 4.69) is 11.8 Å². The van der Waals surface area contributed by atoms with Crippen molar-refractivity contribution in [3.05, 3.63) is 35.1 Å². The Morgan fingerprint density at radius 1 is 1.47 bits per heavy atom. The maximum absolute atomic E-state index is 13.8. The molecule has 2 unspecified atom stereocenters. The van der Waals surface area contributed by atoms with Gasteiger partial charge in [0.2, 0.25) is 0 Å². The van der Waals surface area contributed by atoms with Crippen LogP contribution in [0.25, 0.3) is 0 Å². The van der Waals surface area contributed by atoms with Crippen LogP contribution < -0.4 is 5.73 Å². The first-order valence-electron chi connectivity index (χ1n) is 6.99. The molecule has 1 aliphatic rings. The minimum absolute atomic E-state index is 0.0533. The Morgan fingerprint density at radius 2 is 2.26 bits per heavy atom. The van der Waals surface area contributed by atoms with Crippen molar-refractivity contribution < 1.29 is 9.13 Å². The molecule has 2 N–H and O–H groups in total. The SMILES string of the molecule is CCCN1CCOC(CN)C1c1ccc(C)c(F)c1. The van der Waals surface area contributed by atoms with E-state index in [1.165, 1.54) is 0 Å². The van der Waals surface area contributed by atoms with Crippen molar-refractivity contribution in [2.75, 3.05) is 26.2 Å². The van der Waals surface area contributed by atoms with Crippen LogP contribution in [-0.2, 0) is 4.74 Å². The molecule has 1 aromatic rings. The molecule has 0 amide bonds. The largest absolute Gasteiger partial charge is 0.374 e. The minimum atomic E-state index is -0.157. The Kier molecular flexibility index (Phi) is 4.91. The van der Waals surface area contributed by atoms with Gasteiger partial charge in [0, 0.05) is 13.1 Å². The predicted molar refractivity (Wildman–Crippen MR) is 74.5 cm³/mol. The van der Waals surface area contributed by atoms with Crippen molar-refractivity contribution in [3.8, 4) is 0 Å². The number of nitrogens with zero attached hydrogens (tertiary/aromatic N) is 1. The lowest BCUT2D eigenvalue weighted by Gasteiger charge is -2.41. The first-order valence-corrected chi connectivity index (χ1v) is 6.99. The maximum atomic E-state index is 13.8. The number of halogens is 1. The van der Waals surface area contributed by atoms with Crippen LogP contribution in [0, 0.1) is 12.7 Å². The molecule has 4 heteroatoms. The lowest BCUT2D eigenvalue weighted by Crippen LogP contribution is -2.48. The number of benzene rings is 1. The molecule has 0 aromatic heterocycles. The average molecular weight is 266 g/mol. The summed E-state index contributed by atoms with van der Waals surface area (Å²) in [5.41, 5.74) is 7.45. The summed E-state index contributed by atoms with van der Waals surface area (Å²) in [6, 6.07) is 5.51. The molecule has 0 radical (unpaired) electrons. The van der Waals surface area contributed by atoms with E-state index < -0.39 is 0 Å². The third-order valence-corrected chi connectivity index (χ3v) is 3.74. The number of nitrogens with two attached hydrogens (primary N) is 1. The van der Waals surface area contributed by atoms with Crippen LogP contribution in [0.2, 0.25) is 0 Å². The second kappa shape index (κ2) is 6.46. The molecule has 2 rings (SSSR count). The van der Waals surface area contributed by atoms with Gasteiger partial charge in [0.05, 0.1) is 18.8 Å². The van der Waals surface area contributed by atoms with E-state index >= 15 is 0 Å². The molecule has 1 heterocycles. The van der Waals surface area contributed by atoms with Gasteiger partial charge >= 0.3 is 0 Å². The normalized spacial score (nSPS) is 24.6. The molecule has 1 fully saturated rings. The second-order valence-corrected chi connectivity index (χ2v) is 5.13. The molecular weight excluding hydrogens is 243 g/mol. The van der Waals surface area contributed by atoms with Gasteiger partial charge in [0.15, 0.2) is 0 Å². The summed E-state index contributed by atoms with van der Waals surface area (Å²) >= 11 is 0. The summed E-state index contributed by atoms with van der Waals surface area (Å²) in [4.78, 5) is 2.35. The van der Waals surface area contributed by atoms with Crippen LogP contribution in [0.5, 0.6) is 0 Å². The molecular formula is C15H23FN2O. The van der Waals surface area contributed by atoms with E-state index in [1.807, 2.05) is 12.1 Å². The summed E-state index contributed by atoms with van der Waals surface area (Å²) in [6.07, 6.45) is 1.02. The van der Waals surface area contributed by atoms with E-state index in [4.69, 9.17) is 10.5 Å². The average Bonchev–Trinajstić information content (AvgIpc) is 2.42. The summed E-state index contributed by atoms with van der Waals surface area (Å²) in [5.74, 6) is -0.157. The first kappa shape index (κ1) is 14.4. The predicted octanol–water partition coefficient (Wildman–Crippen LogP) is 2.24. The van der Waals surface area contributed by atoms with Gasteiger partial charge < -0.3 is 10.5 Å². The molecule has 19 heavy (non-hydrogen) atoms. The number of morpholine rings is 1. The highest BCUT2D eigenvalue weighted by Crippen LogP contribution is 2.30. The van der Waals surface area contributed by atoms with E-state index in [1.54, 1.807) is 13.0 Å². The van der Waals surface area contributed by atoms with Gasteiger partial charge in [-0.1, -0.05) is 19.1 Å². The molecule has 1 aromatic carbocycles. The Hall–Kier alpha value is -0.970. The van der Waals surface area contributed by atoms with Crippen LogP contribution in [-0.4, -0.2) is 37.2 Å². The molecule has 0 bridgehead atoms. The standard InChI is InChI=1S/C15H23FN2O/c1-3-6-18-7-8-19-14(10-17)15(18)12-5-4-11(2)13(16)9-12/h4-5,9,14-15H,3,6-8,10,17H2,1-2H3. The summed E-state index contributed by atoms with van der Waals surface area (Å²) in [7, 11) is 0. The molecule has 0 saturated carbocycles. The molecule has 0 spiro atoms. The minimum Gasteiger partial charge on any atom is -0.374 e. The van der Waals surface area contributed by atoms with E-state index in [0.29, 0.717) is 18.7 Å². The summed E-state index contributed by atoms with van der Waals surface area (Å²) < 4.78 is 19.5. The maximum Gasteiger partial charge on any atom is 0.126 e. The summed E-state index contributed by atoms with van der Waals surface area (Å²) in [6.45, 7) is 6.96. The van der Waals surface area contributed by atoms with Crippen LogP contribution in [0.15, 0.2) is 18.2 Å². The topological polar surface area (TPSA) is 38.5 Å². The highest BCUT2D eigenvalue weighted by Gasteiger charge is 2.32. The zero-order valence-corrected chi connectivity index (χ0v) is 11.7. The first-order chi connectivity index (χ1) is 9.17. The van der Waals surface area contributed by atoms with Crippen LogP contribution >= 0.6 is 0 Å². The summed E-state index contributed by atoms with van der Waals surface area (Å²) in [5, 5.41) is 0. The lowest BCUT2D eigenvalue weighted by molar-refractivity contribution is -0.0677. The van der Waals surface area contributed by atoms with Crippen molar-refractivity contribution in [3.63, 3.8) is 0 Å². The van der Waals surface area contributed by atoms with Gasteiger partial charge in [-0.15, -0.1) is 0 Å². The molecule has 106 valence electrons. The van der Waals surface area contributed by atoms with Gasteiger partial charge in [-0.25, -0.2) is 4.39 Å². The van der Waals surface area contributed by atoms with Gasteiger partial charge in [-0.2, -0.15) is 0 Å². The molecule has 3 nitrogen and oxygen atoms in total. The van der Waals surface area contributed by atoms with Crippen LogP contribution in [0.1, 0.15) is 30.5 Å². The van der Waals surface area contributed by atoms with Gasteiger partial charge in [0.1, 0.15) is 5.82 Å². The van der Waals surface area contributed by atoms with Crippen molar-refractivity contribution in [1.82, 2.24) is 4.90 Å². The van der Waals surface area contributed by atoms with Gasteiger partial charge in [-0.05, 0) is 37.1 Å².